The minimum absolute atomic E-state index is 0.00470. The molecular weight excluding hydrogens is 244 g/mol. The number of nitrogens with one attached hydrogen (secondary N) is 1. The Morgan fingerprint density at radius 1 is 1.32 bits per heavy atom. The molecule has 100 valence electrons. The van der Waals surface area contributed by atoms with Gasteiger partial charge in [-0.2, -0.15) is 0 Å². The summed E-state index contributed by atoms with van der Waals surface area (Å²) in [6.07, 6.45) is 2.75. The zero-order chi connectivity index (χ0) is 13.8. The van der Waals surface area contributed by atoms with Gasteiger partial charge < -0.3 is 15.0 Å². The molecule has 2 aromatic rings. The lowest BCUT2D eigenvalue weighted by Crippen LogP contribution is -2.17. The molecule has 0 bridgehead atoms. The van der Waals surface area contributed by atoms with Gasteiger partial charge in [-0.25, -0.2) is 4.79 Å². The van der Waals surface area contributed by atoms with Gasteiger partial charge in [0.05, 0.1) is 5.56 Å². The lowest BCUT2D eigenvalue weighted by Gasteiger charge is -2.04. The first-order valence-corrected chi connectivity index (χ1v) is 6.15. The number of hydrogen-bond donors (Lipinski definition) is 2. The Morgan fingerprint density at radius 2 is 2.05 bits per heavy atom. The van der Waals surface area contributed by atoms with Gasteiger partial charge in [0, 0.05) is 37.1 Å². The van der Waals surface area contributed by atoms with Crippen LogP contribution in [0, 0.1) is 0 Å². The van der Waals surface area contributed by atoms with Crippen molar-refractivity contribution in [2.75, 3.05) is 7.05 Å². The molecule has 0 fully saturated rings. The average molecular weight is 260 g/mol. The number of hydrogen-bond acceptors (Lipinski definition) is 2. The number of carbonyl (C=O) groups is 2. The van der Waals surface area contributed by atoms with E-state index in [-0.39, 0.29) is 5.91 Å². The highest BCUT2D eigenvalue weighted by atomic mass is 16.4. The van der Waals surface area contributed by atoms with Crippen LogP contribution in [-0.2, 0) is 11.3 Å². The van der Waals surface area contributed by atoms with E-state index in [1.807, 2.05) is 22.8 Å². The lowest BCUT2D eigenvalue weighted by molar-refractivity contribution is -0.120. The number of aromatic carboxylic acids is 1. The summed E-state index contributed by atoms with van der Waals surface area (Å²) in [6.45, 7) is 0.626. The third kappa shape index (κ3) is 2.76. The molecule has 0 saturated carbocycles. The smallest absolute Gasteiger partial charge is 0.337 e. The molecule has 1 aromatic heterocycles. The van der Waals surface area contributed by atoms with E-state index in [4.69, 9.17) is 0 Å². The van der Waals surface area contributed by atoms with Gasteiger partial charge >= 0.3 is 5.97 Å². The van der Waals surface area contributed by atoms with Crippen molar-refractivity contribution in [3.63, 3.8) is 0 Å². The summed E-state index contributed by atoms with van der Waals surface area (Å²) in [7, 11) is 1.61. The van der Waals surface area contributed by atoms with Crippen LogP contribution < -0.4 is 5.32 Å². The molecule has 2 N–H and O–H groups in total. The third-order valence-electron chi connectivity index (χ3n) is 3.10. The maximum atomic E-state index is 11.2. The predicted octanol–water partition coefficient (Wildman–Crippen LogP) is 1.87. The van der Waals surface area contributed by atoms with E-state index in [0.717, 1.165) is 10.9 Å². The number of carboxylic acid groups (broad SMARTS) is 1. The summed E-state index contributed by atoms with van der Waals surface area (Å²) < 4.78 is 1.89. The van der Waals surface area contributed by atoms with Crippen molar-refractivity contribution >= 4 is 22.8 Å². The predicted molar refractivity (Wildman–Crippen MR) is 72.2 cm³/mol. The molecule has 0 saturated heterocycles. The second-order valence-electron chi connectivity index (χ2n) is 4.34. The van der Waals surface area contributed by atoms with Crippen LogP contribution in [0.2, 0.25) is 0 Å². The highest BCUT2D eigenvalue weighted by molar-refractivity contribution is 6.03. The number of benzene rings is 1. The first kappa shape index (κ1) is 13.1. The van der Waals surface area contributed by atoms with E-state index in [1.54, 1.807) is 19.3 Å². The van der Waals surface area contributed by atoms with Crippen molar-refractivity contribution in [1.29, 1.82) is 0 Å². The summed E-state index contributed by atoms with van der Waals surface area (Å²) in [5.74, 6) is -0.934. The molecule has 2 rings (SSSR count). The third-order valence-corrected chi connectivity index (χ3v) is 3.10. The Balaban J connectivity index is 2.23. The van der Waals surface area contributed by atoms with Crippen molar-refractivity contribution < 1.29 is 14.7 Å². The molecule has 0 atom stereocenters. The van der Waals surface area contributed by atoms with Crippen molar-refractivity contribution in [2.45, 2.75) is 19.4 Å². The van der Waals surface area contributed by atoms with Crippen LogP contribution >= 0.6 is 0 Å². The summed E-state index contributed by atoms with van der Waals surface area (Å²) >= 11 is 0. The van der Waals surface area contributed by atoms with Crippen LogP contribution in [0.3, 0.4) is 0 Å². The van der Waals surface area contributed by atoms with Crippen molar-refractivity contribution in [3.8, 4) is 0 Å². The Hall–Kier alpha value is -2.30. The van der Waals surface area contributed by atoms with Gasteiger partial charge in [-0.15, -0.1) is 0 Å². The summed E-state index contributed by atoms with van der Waals surface area (Å²) in [4.78, 5) is 22.3. The number of carboxylic acids is 1. The molecule has 0 unspecified atom stereocenters. The number of para-hydroxylation sites is 1. The highest BCUT2D eigenvalue weighted by Crippen LogP contribution is 2.21. The van der Waals surface area contributed by atoms with Crippen LogP contribution in [0.1, 0.15) is 23.2 Å². The van der Waals surface area contributed by atoms with Gasteiger partial charge in [0.15, 0.2) is 0 Å². The summed E-state index contributed by atoms with van der Waals surface area (Å²) in [5, 5.41) is 12.5. The zero-order valence-electron chi connectivity index (χ0n) is 10.7. The zero-order valence-corrected chi connectivity index (χ0v) is 10.7. The SMILES string of the molecule is CNC(=O)CCCn1cc(C(=O)O)c2ccccc21. The van der Waals surface area contributed by atoms with E-state index >= 15 is 0 Å². The minimum atomic E-state index is -0.929. The molecule has 0 aliphatic rings. The molecule has 1 heterocycles. The molecule has 0 radical (unpaired) electrons. The molecule has 5 heteroatoms. The summed E-state index contributed by atoms with van der Waals surface area (Å²) in [6, 6.07) is 7.39. The fraction of sp³-hybridized carbons (Fsp3) is 0.286. The molecule has 0 spiro atoms. The number of aryl methyl sites for hydroxylation is 1. The number of amides is 1. The van der Waals surface area contributed by atoms with E-state index in [9.17, 15) is 14.7 Å². The minimum Gasteiger partial charge on any atom is -0.478 e. The first-order chi connectivity index (χ1) is 9.13. The molecule has 19 heavy (non-hydrogen) atoms. The van der Waals surface area contributed by atoms with E-state index in [1.165, 1.54) is 0 Å². The normalized spacial score (nSPS) is 10.6. The van der Waals surface area contributed by atoms with Crippen LogP contribution in [-0.4, -0.2) is 28.6 Å². The number of fused-ring (bicyclic) bond motifs is 1. The van der Waals surface area contributed by atoms with E-state index < -0.39 is 5.97 Å². The molecule has 5 nitrogen and oxygen atoms in total. The standard InChI is InChI=1S/C14H16N2O3/c1-15-13(17)7-4-8-16-9-11(14(18)19)10-5-2-3-6-12(10)16/h2-3,5-6,9H,4,7-8H2,1H3,(H,15,17)(H,18,19). The monoisotopic (exact) mass is 260 g/mol. The maximum Gasteiger partial charge on any atom is 0.337 e. The number of carbonyl (C=O) groups excluding carboxylic acids is 1. The van der Waals surface area contributed by atoms with Crippen LogP contribution in [0.4, 0.5) is 0 Å². The fourth-order valence-electron chi connectivity index (χ4n) is 2.14. The topological polar surface area (TPSA) is 71.3 Å². The summed E-state index contributed by atoms with van der Waals surface area (Å²) in [5.41, 5.74) is 1.19. The molecule has 0 aliphatic carbocycles. The Kier molecular flexibility index (Phi) is 3.85. The van der Waals surface area contributed by atoms with Gasteiger partial charge in [-0.3, -0.25) is 4.79 Å². The number of nitrogens with zero attached hydrogens (tertiary/aromatic N) is 1. The lowest BCUT2D eigenvalue weighted by atomic mass is 10.2. The number of aromatic nitrogens is 1. The van der Waals surface area contributed by atoms with Crippen molar-refractivity contribution in [1.82, 2.24) is 9.88 Å². The highest BCUT2D eigenvalue weighted by Gasteiger charge is 2.13. The van der Waals surface area contributed by atoms with Gasteiger partial charge in [-0.05, 0) is 12.5 Å². The van der Waals surface area contributed by atoms with E-state index in [2.05, 4.69) is 5.32 Å². The van der Waals surface area contributed by atoms with Crippen LogP contribution in [0.15, 0.2) is 30.5 Å². The van der Waals surface area contributed by atoms with E-state index in [0.29, 0.717) is 24.9 Å². The second kappa shape index (κ2) is 5.56. The van der Waals surface area contributed by atoms with Crippen LogP contribution in [0.25, 0.3) is 10.9 Å². The molecule has 1 amide bonds. The second-order valence-corrected chi connectivity index (χ2v) is 4.34. The van der Waals surface area contributed by atoms with Gasteiger partial charge in [0.25, 0.3) is 0 Å². The van der Waals surface area contributed by atoms with Crippen molar-refractivity contribution in [2.24, 2.45) is 0 Å². The van der Waals surface area contributed by atoms with Gasteiger partial charge in [0.1, 0.15) is 0 Å². The number of rotatable bonds is 5. The Labute approximate surface area is 110 Å². The largest absolute Gasteiger partial charge is 0.478 e. The van der Waals surface area contributed by atoms with Gasteiger partial charge in [-0.1, -0.05) is 18.2 Å². The molecule has 0 aliphatic heterocycles. The Bertz CT molecular complexity index is 616. The Morgan fingerprint density at radius 3 is 2.74 bits per heavy atom. The van der Waals surface area contributed by atoms with Crippen LogP contribution in [0.5, 0.6) is 0 Å². The average Bonchev–Trinajstić information content (AvgIpc) is 2.78. The first-order valence-electron chi connectivity index (χ1n) is 6.15. The van der Waals surface area contributed by atoms with Crippen molar-refractivity contribution in [3.05, 3.63) is 36.0 Å². The van der Waals surface area contributed by atoms with Gasteiger partial charge in [0.2, 0.25) is 5.91 Å². The molecular formula is C14H16N2O3. The molecule has 1 aromatic carbocycles. The quantitative estimate of drug-likeness (QED) is 0.862. The maximum absolute atomic E-state index is 11.2. The fourth-order valence-corrected chi connectivity index (χ4v) is 2.14.